The van der Waals surface area contributed by atoms with Crippen molar-refractivity contribution >= 4 is 22.8 Å². The third kappa shape index (κ3) is 4.93. The number of likely N-dealkylation sites (tertiary alicyclic amines) is 2. The van der Waals surface area contributed by atoms with E-state index in [2.05, 4.69) is 52.7 Å². The van der Waals surface area contributed by atoms with Crippen LogP contribution in [0.25, 0.3) is 22.2 Å². The van der Waals surface area contributed by atoms with Gasteiger partial charge in [-0.25, -0.2) is 0 Å². The summed E-state index contributed by atoms with van der Waals surface area (Å²) in [7, 11) is 0. The van der Waals surface area contributed by atoms with Crippen molar-refractivity contribution in [3.8, 4) is 11.1 Å². The Balaban J connectivity index is 1.02. The largest absolute Gasteiger partial charge is 0.339 e. The van der Waals surface area contributed by atoms with Crippen LogP contribution in [0.4, 0.5) is 0 Å². The molecule has 0 saturated carbocycles. The first-order valence-electron chi connectivity index (χ1n) is 13.6. The van der Waals surface area contributed by atoms with Crippen molar-refractivity contribution in [3.05, 3.63) is 83.4 Å². The maximum Gasteiger partial charge on any atom is 0.253 e. The fourth-order valence-corrected chi connectivity index (χ4v) is 6.07. The highest BCUT2D eigenvalue weighted by Crippen LogP contribution is 2.33. The van der Waals surface area contributed by atoms with Gasteiger partial charge in [-0.2, -0.15) is 0 Å². The number of carbonyl (C=O) groups excluding carboxylic acids is 2. The van der Waals surface area contributed by atoms with Crippen LogP contribution in [0.15, 0.2) is 66.7 Å². The smallest absolute Gasteiger partial charge is 0.253 e. The van der Waals surface area contributed by atoms with Crippen molar-refractivity contribution in [1.29, 1.82) is 0 Å². The Labute approximate surface area is 222 Å². The van der Waals surface area contributed by atoms with Crippen LogP contribution in [0.1, 0.15) is 52.0 Å². The minimum Gasteiger partial charge on any atom is -0.339 e. The summed E-state index contributed by atoms with van der Waals surface area (Å²) in [6, 6.07) is 22.0. The van der Waals surface area contributed by atoms with Gasteiger partial charge in [-0.15, -0.1) is 5.10 Å². The molecule has 3 heterocycles. The van der Waals surface area contributed by atoms with E-state index in [0.717, 1.165) is 74.1 Å². The zero-order chi connectivity index (χ0) is 26.1. The number of nitrogens with zero attached hydrogens (tertiary/aromatic N) is 4. The zero-order valence-corrected chi connectivity index (χ0v) is 21.8. The Kier molecular flexibility index (Phi) is 6.66. The third-order valence-electron chi connectivity index (χ3n) is 8.39. The van der Waals surface area contributed by atoms with Crippen molar-refractivity contribution in [2.24, 2.45) is 11.8 Å². The Morgan fingerprint density at radius 3 is 1.97 bits per heavy atom. The van der Waals surface area contributed by atoms with Crippen molar-refractivity contribution in [3.63, 3.8) is 0 Å². The van der Waals surface area contributed by atoms with Crippen LogP contribution < -0.4 is 0 Å². The fraction of sp³-hybridized carbons (Fsp3) is 0.355. The van der Waals surface area contributed by atoms with Crippen LogP contribution in [0.3, 0.4) is 0 Å². The summed E-state index contributed by atoms with van der Waals surface area (Å²) in [4.78, 5) is 30.3. The molecule has 6 rings (SSSR count). The summed E-state index contributed by atoms with van der Waals surface area (Å²) in [6.07, 6.45) is 4.11. The molecule has 0 radical (unpaired) electrons. The lowest BCUT2D eigenvalue weighted by atomic mass is 9.78. The summed E-state index contributed by atoms with van der Waals surface area (Å²) < 4.78 is 0. The number of carbonyl (C=O) groups is 2. The van der Waals surface area contributed by atoms with E-state index in [4.69, 9.17) is 0 Å². The van der Waals surface area contributed by atoms with E-state index in [-0.39, 0.29) is 11.8 Å². The van der Waals surface area contributed by atoms with E-state index >= 15 is 0 Å². The number of hydrogen-bond acceptors (Lipinski definition) is 4. The molecule has 0 aliphatic carbocycles. The van der Waals surface area contributed by atoms with Crippen LogP contribution in [-0.2, 0) is 0 Å². The van der Waals surface area contributed by atoms with Crippen LogP contribution >= 0.6 is 0 Å². The molecule has 2 fully saturated rings. The van der Waals surface area contributed by atoms with Gasteiger partial charge in [-0.1, -0.05) is 47.2 Å². The SMILES string of the molecule is Cc1ccc(-c2cccc(C(=O)N3CCC(C4CCN(C(=O)c5ccc6[nH]nnc6c5)CC4)CC3)c2)cc1. The molecular weight excluding hydrogens is 474 g/mol. The van der Waals surface area contributed by atoms with Gasteiger partial charge in [-0.05, 0) is 85.9 Å². The molecule has 0 unspecified atom stereocenters. The molecule has 2 aliphatic heterocycles. The van der Waals surface area contributed by atoms with E-state index < -0.39 is 0 Å². The minimum atomic E-state index is 0.0710. The molecule has 3 aromatic carbocycles. The summed E-state index contributed by atoms with van der Waals surface area (Å²) in [5.41, 5.74) is 6.42. The van der Waals surface area contributed by atoms with E-state index in [1.807, 2.05) is 46.2 Å². The number of fused-ring (bicyclic) bond motifs is 1. The molecule has 7 heteroatoms. The molecule has 2 saturated heterocycles. The Morgan fingerprint density at radius 2 is 1.34 bits per heavy atom. The Hall–Kier alpha value is -4.00. The average Bonchev–Trinajstić information content (AvgIpc) is 3.45. The lowest BCUT2D eigenvalue weighted by Gasteiger charge is -2.40. The van der Waals surface area contributed by atoms with Gasteiger partial charge in [0.25, 0.3) is 11.8 Å². The second-order valence-electron chi connectivity index (χ2n) is 10.7. The highest BCUT2D eigenvalue weighted by atomic mass is 16.2. The van der Waals surface area contributed by atoms with E-state index in [9.17, 15) is 9.59 Å². The monoisotopic (exact) mass is 507 g/mol. The number of hydrogen-bond donors (Lipinski definition) is 1. The van der Waals surface area contributed by atoms with Crippen LogP contribution in [-0.4, -0.2) is 63.2 Å². The van der Waals surface area contributed by atoms with Crippen LogP contribution in [0, 0.1) is 18.8 Å². The first-order valence-corrected chi connectivity index (χ1v) is 13.6. The summed E-state index contributed by atoms with van der Waals surface area (Å²) in [5, 5.41) is 10.7. The van der Waals surface area contributed by atoms with Gasteiger partial charge in [0.1, 0.15) is 5.52 Å². The quantitative estimate of drug-likeness (QED) is 0.404. The maximum absolute atomic E-state index is 13.3. The van der Waals surface area contributed by atoms with Crippen molar-refractivity contribution in [1.82, 2.24) is 25.2 Å². The fourth-order valence-electron chi connectivity index (χ4n) is 6.07. The molecule has 2 amide bonds. The lowest BCUT2D eigenvalue weighted by molar-refractivity contribution is 0.0537. The number of amides is 2. The molecule has 0 bridgehead atoms. The normalized spacial score (nSPS) is 17.2. The number of aryl methyl sites for hydroxylation is 1. The van der Waals surface area contributed by atoms with Gasteiger partial charge in [0.15, 0.2) is 0 Å². The van der Waals surface area contributed by atoms with Gasteiger partial charge in [0.2, 0.25) is 0 Å². The number of H-pyrrole nitrogens is 1. The van der Waals surface area contributed by atoms with Crippen molar-refractivity contribution in [2.75, 3.05) is 26.2 Å². The minimum absolute atomic E-state index is 0.0710. The van der Waals surface area contributed by atoms with Gasteiger partial charge in [-0.3, -0.25) is 14.7 Å². The molecule has 0 atom stereocenters. The standard InChI is InChI=1S/C31H33N5O2/c1-21-5-7-22(8-6-21)25-3-2-4-26(19-25)30(37)35-15-11-23(12-16-35)24-13-17-36(18-14-24)31(38)27-9-10-28-29(20-27)33-34-32-28/h2-10,19-20,23-24H,11-18H2,1H3,(H,32,33,34). The van der Waals surface area contributed by atoms with E-state index in [1.54, 1.807) is 0 Å². The number of piperidine rings is 2. The third-order valence-corrected chi connectivity index (χ3v) is 8.39. The second kappa shape index (κ2) is 10.4. The summed E-state index contributed by atoms with van der Waals surface area (Å²) >= 11 is 0. The molecule has 4 aromatic rings. The zero-order valence-electron chi connectivity index (χ0n) is 21.8. The Bertz CT molecular complexity index is 1440. The molecular formula is C31H33N5O2. The van der Waals surface area contributed by atoms with Gasteiger partial charge in [0, 0.05) is 37.3 Å². The lowest BCUT2D eigenvalue weighted by Crippen LogP contribution is -2.44. The van der Waals surface area contributed by atoms with Gasteiger partial charge < -0.3 is 9.80 Å². The highest BCUT2D eigenvalue weighted by Gasteiger charge is 2.32. The molecule has 194 valence electrons. The molecule has 38 heavy (non-hydrogen) atoms. The number of aromatic amines is 1. The predicted octanol–water partition coefficient (Wildman–Crippen LogP) is 5.34. The summed E-state index contributed by atoms with van der Waals surface area (Å²) in [6.45, 7) is 5.25. The van der Waals surface area contributed by atoms with E-state index in [0.29, 0.717) is 22.9 Å². The molecule has 1 aromatic heterocycles. The van der Waals surface area contributed by atoms with E-state index in [1.165, 1.54) is 5.56 Å². The molecule has 1 N–H and O–H groups in total. The predicted molar refractivity (Wildman–Crippen MR) is 148 cm³/mol. The number of rotatable bonds is 4. The van der Waals surface area contributed by atoms with Gasteiger partial charge >= 0.3 is 0 Å². The number of aromatic nitrogens is 3. The molecule has 0 spiro atoms. The number of nitrogens with one attached hydrogen (secondary N) is 1. The van der Waals surface area contributed by atoms with Crippen LogP contribution in [0.5, 0.6) is 0 Å². The average molecular weight is 508 g/mol. The van der Waals surface area contributed by atoms with Crippen molar-refractivity contribution < 1.29 is 9.59 Å². The molecule has 7 nitrogen and oxygen atoms in total. The highest BCUT2D eigenvalue weighted by molar-refractivity contribution is 5.97. The van der Waals surface area contributed by atoms with Crippen LogP contribution in [0.2, 0.25) is 0 Å². The molecule has 2 aliphatic rings. The first kappa shape index (κ1) is 24.3. The van der Waals surface area contributed by atoms with Gasteiger partial charge in [0.05, 0.1) is 5.52 Å². The van der Waals surface area contributed by atoms with Crippen molar-refractivity contribution in [2.45, 2.75) is 32.6 Å². The topological polar surface area (TPSA) is 82.2 Å². The number of benzene rings is 3. The second-order valence-corrected chi connectivity index (χ2v) is 10.7. The maximum atomic E-state index is 13.3. The first-order chi connectivity index (χ1) is 18.5. The summed E-state index contributed by atoms with van der Waals surface area (Å²) in [5.74, 6) is 1.42. The Morgan fingerprint density at radius 1 is 0.737 bits per heavy atom.